The second-order valence-electron chi connectivity index (χ2n) is 5.63. The van der Waals surface area contributed by atoms with Crippen LogP contribution in [0.25, 0.3) is 0 Å². The first kappa shape index (κ1) is 17.1. The van der Waals surface area contributed by atoms with Crippen LogP contribution in [0, 0.1) is 0 Å². The highest BCUT2D eigenvalue weighted by Gasteiger charge is 2.86. The number of carbonyl (C=O) groups excluding carboxylic acids is 1. The van der Waals surface area contributed by atoms with Gasteiger partial charge in [0, 0.05) is 5.57 Å². The van der Waals surface area contributed by atoms with E-state index in [0.717, 1.165) is 0 Å². The van der Waals surface area contributed by atoms with Gasteiger partial charge >= 0.3 is 23.9 Å². The van der Waals surface area contributed by atoms with E-state index < -0.39 is 42.0 Å². The Kier molecular flexibility index (Phi) is 3.81. The fourth-order valence-electron chi connectivity index (χ4n) is 2.87. The zero-order valence-electron chi connectivity index (χ0n) is 11.7. The number of hydrogen-bond donors (Lipinski definition) is 1. The molecule has 1 aliphatic carbocycles. The van der Waals surface area contributed by atoms with Gasteiger partial charge in [0.25, 0.3) is 0 Å². The maximum absolute atomic E-state index is 14.5. The number of hydrogen-bond acceptors (Lipinski definition) is 4. The van der Waals surface area contributed by atoms with E-state index in [1.54, 1.807) is 0 Å². The van der Waals surface area contributed by atoms with Crippen LogP contribution >= 0.6 is 0 Å². The van der Waals surface area contributed by atoms with E-state index in [4.69, 9.17) is 4.74 Å². The first-order valence-corrected chi connectivity index (χ1v) is 6.62. The van der Waals surface area contributed by atoms with Crippen molar-refractivity contribution in [3.05, 3.63) is 12.2 Å². The average Bonchev–Trinajstić information content (AvgIpc) is 2.56. The van der Waals surface area contributed by atoms with Crippen LogP contribution in [0.4, 0.5) is 22.0 Å². The number of rotatable bonds is 2. The third kappa shape index (κ3) is 2.05. The van der Waals surface area contributed by atoms with Gasteiger partial charge < -0.3 is 14.6 Å². The lowest BCUT2D eigenvalue weighted by Crippen LogP contribution is -2.65. The highest BCUT2D eigenvalue weighted by Crippen LogP contribution is 2.61. The van der Waals surface area contributed by atoms with Crippen molar-refractivity contribution >= 4 is 5.97 Å². The van der Waals surface area contributed by atoms with Crippen molar-refractivity contribution in [2.75, 3.05) is 0 Å². The molecule has 3 unspecified atom stereocenters. The normalized spacial score (nSPS) is 37.5. The summed E-state index contributed by atoms with van der Waals surface area (Å²) in [5.74, 6) is -10.8. The molecule has 0 radical (unpaired) electrons. The van der Waals surface area contributed by atoms with Crippen LogP contribution in [0.2, 0.25) is 0 Å². The molecule has 2 rings (SSSR count). The smallest absolute Gasteiger partial charge is 0.446 e. The van der Waals surface area contributed by atoms with Crippen molar-refractivity contribution in [3.63, 3.8) is 0 Å². The Morgan fingerprint density at radius 1 is 1.36 bits per heavy atom. The van der Waals surface area contributed by atoms with Crippen LogP contribution in [0.5, 0.6) is 0 Å². The van der Waals surface area contributed by atoms with E-state index in [2.05, 4.69) is 11.3 Å². The molecule has 22 heavy (non-hydrogen) atoms. The predicted octanol–water partition coefficient (Wildman–Crippen LogP) is 2.70. The van der Waals surface area contributed by atoms with Gasteiger partial charge in [0.15, 0.2) is 0 Å². The van der Waals surface area contributed by atoms with Crippen molar-refractivity contribution in [1.29, 1.82) is 0 Å². The molecule has 0 aromatic rings. The van der Waals surface area contributed by atoms with Gasteiger partial charge in [0.2, 0.25) is 5.60 Å². The first-order valence-electron chi connectivity index (χ1n) is 6.62. The van der Waals surface area contributed by atoms with Crippen LogP contribution in [0.15, 0.2) is 12.2 Å². The molecule has 0 aromatic heterocycles. The third-order valence-electron chi connectivity index (χ3n) is 4.06. The number of ether oxygens (including phenoxy) is 2. The molecule has 2 fully saturated rings. The standard InChI is InChI=1S/C13H15F5O4/c1-7(2)9(19)22-10-6-4-3-5-8(10)21-12(20,11(10,14)15)13(16,17)18/h8,20H,1,3-6H2,2H3. The molecule has 0 bridgehead atoms. The summed E-state index contributed by atoms with van der Waals surface area (Å²) in [4.78, 5) is 11.6. The Labute approximate surface area is 122 Å². The third-order valence-corrected chi connectivity index (χ3v) is 4.06. The summed E-state index contributed by atoms with van der Waals surface area (Å²) in [5, 5.41) is 9.49. The number of esters is 1. The van der Waals surface area contributed by atoms with E-state index in [-0.39, 0.29) is 18.4 Å². The second kappa shape index (κ2) is 4.89. The molecule has 0 spiro atoms. The van der Waals surface area contributed by atoms with Crippen molar-refractivity contribution < 1.29 is 41.3 Å². The van der Waals surface area contributed by atoms with Gasteiger partial charge in [-0.1, -0.05) is 13.0 Å². The highest BCUT2D eigenvalue weighted by molar-refractivity contribution is 5.87. The number of fused-ring (bicyclic) bond motifs is 1. The minimum absolute atomic E-state index is 0.118. The quantitative estimate of drug-likeness (QED) is 0.480. The Balaban J connectivity index is 2.52. The summed E-state index contributed by atoms with van der Waals surface area (Å²) >= 11 is 0. The van der Waals surface area contributed by atoms with Crippen LogP contribution in [0.1, 0.15) is 32.6 Å². The lowest BCUT2D eigenvalue weighted by atomic mass is 9.77. The summed E-state index contributed by atoms with van der Waals surface area (Å²) in [5.41, 5.74) is -3.09. The summed E-state index contributed by atoms with van der Waals surface area (Å²) in [6.07, 6.45) is -7.77. The molecule has 1 N–H and O–H groups in total. The number of carbonyl (C=O) groups is 1. The summed E-state index contributed by atoms with van der Waals surface area (Å²) in [7, 11) is 0. The Morgan fingerprint density at radius 3 is 2.45 bits per heavy atom. The molecular weight excluding hydrogens is 315 g/mol. The monoisotopic (exact) mass is 330 g/mol. The Bertz CT molecular complexity index is 503. The van der Waals surface area contributed by atoms with Crippen LogP contribution in [-0.2, 0) is 14.3 Å². The van der Waals surface area contributed by atoms with Gasteiger partial charge in [0.05, 0.1) is 0 Å². The second-order valence-corrected chi connectivity index (χ2v) is 5.63. The molecule has 4 nitrogen and oxygen atoms in total. The first-order chi connectivity index (χ1) is 9.89. The van der Waals surface area contributed by atoms with Gasteiger partial charge in [-0.25, -0.2) is 4.79 Å². The lowest BCUT2D eigenvalue weighted by Gasteiger charge is -2.41. The minimum Gasteiger partial charge on any atom is -0.446 e. The molecule has 0 amide bonds. The van der Waals surface area contributed by atoms with Crippen molar-refractivity contribution in [1.82, 2.24) is 0 Å². The maximum Gasteiger partial charge on any atom is 0.449 e. The largest absolute Gasteiger partial charge is 0.449 e. The molecule has 126 valence electrons. The molecule has 3 atom stereocenters. The number of alkyl halides is 5. The molecule has 9 heteroatoms. The molecule has 1 aliphatic heterocycles. The van der Waals surface area contributed by atoms with E-state index in [1.807, 2.05) is 0 Å². The Hall–Kier alpha value is -1.22. The fraction of sp³-hybridized carbons (Fsp3) is 0.769. The average molecular weight is 330 g/mol. The molecule has 2 aliphatic rings. The van der Waals surface area contributed by atoms with Crippen LogP contribution < -0.4 is 0 Å². The summed E-state index contributed by atoms with van der Waals surface area (Å²) in [6, 6.07) is 0. The number of halogens is 5. The highest BCUT2D eigenvalue weighted by atomic mass is 19.4. The molecule has 0 aromatic carbocycles. The summed E-state index contributed by atoms with van der Waals surface area (Å²) in [6.45, 7) is 4.40. The maximum atomic E-state index is 14.5. The van der Waals surface area contributed by atoms with Gasteiger partial charge in [-0.05, 0) is 26.2 Å². The number of aliphatic hydroxyl groups is 1. The fourth-order valence-corrected chi connectivity index (χ4v) is 2.87. The molecular formula is C13H15F5O4. The van der Waals surface area contributed by atoms with Crippen LogP contribution in [0.3, 0.4) is 0 Å². The van der Waals surface area contributed by atoms with Gasteiger partial charge in [-0.2, -0.15) is 22.0 Å². The SMILES string of the molecule is C=C(C)C(=O)OC12CCCCC1OC(O)(C(F)(F)F)C2(F)F. The van der Waals surface area contributed by atoms with E-state index in [1.165, 1.54) is 6.92 Å². The van der Waals surface area contributed by atoms with Crippen LogP contribution in [-0.4, -0.2) is 40.7 Å². The van der Waals surface area contributed by atoms with Gasteiger partial charge in [-0.3, -0.25) is 0 Å². The van der Waals surface area contributed by atoms with Gasteiger partial charge in [0.1, 0.15) is 6.10 Å². The van der Waals surface area contributed by atoms with Gasteiger partial charge in [-0.15, -0.1) is 0 Å². The van der Waals surface area contributed by atoms with E-state index in [0.29, 0.717) is 6.42 Å². The predicted molar refractivity (Wildman–Crippen MR) is 62.9 cm³/mol. The Morgan fingerprint density at radius 2 is 1.95 bits per heavy atom. The zero-order chi connectivity index (χ0) is 17.0. The lowest BCUT2D eigenvalue weighted by molar-refractivity contribution is -0.412. The van der Waals surface area contributed by atoms with Crippen molar-refractivity contribution in [2.24, 2.45) is 0 Å². The van der Waals surface area contributed by atoms with Crippen molar-refractivity contribution in [3.8, 4) is 0 Å². The molecule has 1 saturated heterocycles. The topological polar surface area (TPSA) is 55.8 Å². The minimum atomic E-state index is -5.74. The van der Waals surface area contributed by atoms with Crippen molar-refractivity contribution in [2.45, 2.75) is 62.2 Å². The summed E-state index contributed by atoms with van der Waals surface area (Å²) < 4.78 is 76.8. The van der Waals surface area contributed by atoms with E-state index in [9.17, 15) is 31.9 Å². The molecule has 1 heterocycles. The van der Waals surface area contributed by atoms with E-state index >= 15 is 0 Å². The zero-order valence-corrected chi connectivity index (χ0v) is 11.7. The molecule has 1 saturated carbocycles.